The van der Waals surface area contributed by atoms with Crippen molar-refractivity contribution in [3.63, 3.8) is 0 Å². The molecule has 0 atom stereocenters. The fraction of sp³-hybridized carbons (Fsp3) is 0.417. The number of methoxy groups -OCH3 is 1. The van der Waals surface area contributed by atoms with E-state index in [1.807, 2.05) is 4.90 Å². The molecule has 0 saturated heterocycles. The molecule has 17 heavy (non-hydrogen) atoms. The van der Waals surface area contributed by atoms with Gasteiger partial charge >= 0.3 is 5.97 Å². The Kier molecular flexibility index (Phi) is 4.90. The lowest BCUT2D eigenvalue weighted by atomic mass is 10.2. The van der Waals surface area contributed by atoms with E-state index in [1.54, 1.807) is 19.2 Å². The van der Waals surface area contributed by atoms with E-state index in [2.05, 4.69) is 0 Å². The maximum Gasteiger partial charge on any atom is 0.304 e. The van der Waals surface area contributed by atoms with Crippen LogP contribution >= 0.6 is 0 Å². The van der Waals surface area contributed by atoms with E-state index < -0.39 is 11.8 Å². The highest BCUT2D eigenvalue weighted by Crippen LogP contribution is 2.18. The molecule has 0 unspecified atom stereocenters. The maximum absolute atomic E-state index is 13.4. The third-order valence-electron chi connectivity index (χ3n) is 2.38. The summed E-state index contributed by atoms with van der Waals surface area (Å²) in [4.78, 5) is 12.2. The third-order valence-corrected chi connectivity index (χ3v) is 2.38. The summed E-state index contributed by atoms with van der Waals surface area (Å²) in [6.07, 6.45) is 0.0785. The van der Waals surface area contributed by atoms with E-state index in [-0.39, 0.29) is 12.2 Å². The zero-order valence-electron chi connectivity index (χ0n) is 9.94. The number of carboxylic acids is 1. The summed E-state index contributed by atoms with van der Waals surface area (Å²) in [6, 6.07) is 4.73. The van der Waals surface area contributed by atoms with Crippen molar-refractivity contribution >= 4 is 5.97 Å². The second-order valence-electron chi connectivity index (χ2n) is 3.85. The van der Waals surface area contributed by atoms with Gasteiger partial charge in [0.25, 0.3) is 0 Å². The predicted molar refractivity (Wildman–Crippen MR) is 61.5 cm³/mol. The van der Waals surface area contributed by atoms with Gasteiger partial charge in [0.05, 0.1) is 13.5 Å². The summed E-state index contributed by atoms with van der Waals surface area (Å²) in [5.74, 6) is -1.03. The molecule has 5 heteroatoms. The van der Waals surface area contributed by atoms with Crippen LogP contribution in [-0.2, 0) is 11.3 Å². The molecule has 4 nitrogen and oxygen atoms in total. The van der Waals surface area contributed by atoms with Crippen LogP contribution in [-0.4, -0.2) is 36.7 Å². The Morgan fingerprint density at radius 1 is 1.53 bits per heavy atom. The Balaban J connectivity index is 2.56. The molecule has 0 aliphatic carbocycles. The summed E-state index contributed by atoms with van der Waals surface area (Å²) in [5.41, 5.74) is 0.788. The van der Waals surface area contributed by atoms with Gasteiger partial charge in [-0.15, -0.1) is 0 Å². The Morgan fingerprint density at radius 2 is 2.24 bits per heavy atom. The van der Waals surface area contributed by atoms with Gasteiger partial charge in [0.1, 0.15) is 0 Å². The van der Waals surface area contributed by atoms with Crippen LogP contribution in [0, 0.1) is 5.82 Å². The first-order valence-corrected chi connectivity index (χ1v) is 5.25. The summed E-state index contributed by atoms with van der Waals surface area (Å²) < 4.78 is 18.2. The third kappa shape index (κ3) is 4.40. The number of ether oxygens (including phenoxy) is 1. The Hall–Kier alpha value is -1.62. The van der Waals surface area contributed by atoms with Crippen LogP contribution in [0.2, 0.25) is 0 Å². The number of nitrogens with zero attached hydrogens (tertiary/aromatic N) is 1. The van der Waals surface area contributed by atoms with Crippen molar-refractivity contribution in [1.82, 2.24) is 4.90 Å². The average molecular weight is 241 g/mol. The number of carbonyl (C=O) groups is 1. The smallest absolute Gasteiger partial charge is 0.304 e. The van der Waals surface area contributed by atoms with E-state index in [0.29, 0.717) is 13.1 Å². The topological polar surface area (TPSA) is 49.8 Å². The molecule has 1 N–H and O–H groups in total. The van der Waals surface area contributed by atoms with E-state index in [9.17, 15) is 9.18 Å². The van der Waals surface area contributed by atoms with Crippen molar-refractivity contribution in [3.8, 4) is 5.75 Å². The van der Waals surface area contributed by atoms with Crippen molar-refractivity contribution in [3.05, 3.63) is 29.6 Å². The predicted octanol–water partition coefficient (Wildman–Crippen LogP) is 1.74. The molecule has 1 aromatic rings. The molecule has 0 spiro atoms. The lowest BCUT2D eigenvalue weighted by Gasteiger charge is -2.15. The molecule has 0 fully saturated rings. The summed E-state index contributed by atoms with van der Waals surface area (Å²) in [5, 5.41) is 8.54. The van der Waals surface area contributed by atoms with Gasteiger partial charge in [-0.25, -0.2) is 4.39 Å². The second-order valence-corrected chi connectivity index (χ2v) is 3.85. The van der Waals surface area contributed by atoms with Crippen molar-refractivity contribution in [2.75, 3.05) is 20.7 Å². The zero-order chi connectivity index (χ0) is 12.8. The van der Waals surface area contributed by atoms with E-state index >= 15 is 0 Å². The quantitative estimate of drug-likeness (QED) is 0.824. The van der Waals surface area contributed by atoms with Crippen molar-refractivity contribution in [1.29, 1.82) is 0 Å². The molecular weight excluding hydrogens is 225 g/mol. The van der Waals surface area contributed by atoms with Gasteiger partial charge < -0.3 is 14.7 Å². The molecule has 94 valence electrons. The molecule has 0 aromatic heterocycles. The summed E-state index contributed by atoms with van der Waals surface area (Å²) in [6.45, 7) is 0.942. The maximum atomic E-state index is 13.4. The molecule has 0 bridgehead atoms. The first-order chi connectivity index (χ1) is 8.02. The number of carboxylic acid groups (broad SMARTS) is 1. The molecule has 1 rings (SSSR count). The number of hydrogen-bond donors (Lipinski definition) is 1. The number of hydrogen-bond acceptors (Lipinski definition) is 3. The molecule has 0 saturated carbocycles. The lowest BCUT2D eigenvalue weighted by molar-refractivity contribution is -0.137. The van der Waals surface area contributed by atoms with Crippen LogP contribution in [0.1, 0.15) is 12.0 Å². The van der Waals surface area contributed by atoms with Gasteiger partial charge in [-0.3, -0.25) is 4.79 Å². The summed E-state index contributed by atoms with van der Waals surface area (Å²) in [7, 11) is 3.21. The normalized spacial score (nSPS) is 10.6. The fourth-order valence-corrected chi connectivity index (χ4v) is 1.49. The van der Waals surface area contributed by atoms with Crippen LogP contribution in [0.4, 0.5) is 4.39 Å². The molecule has 0 amide bonds. The lowest BCUT2D eigenvalue weighted by Crippen LogP contribution is -2.21. The number of benzene rings is 1. The SMILES string of the molecule is COc1ccc(CN(C)CCC(=O)O)cc1F. The van der Waals surface area contributed by atoms with Crippen LogP contribution in [0.3, 0.4) is 0 Å². The zero-order valence-corrected chi connectivity index (χ0v) is 9.94. The number of rotatable bonds is 6. The van der Waals surface area contributed by atoms with Crippen LogP contribution in [0.15, 0.2) is 18.2 Å². The standard InChI is InChI=1S/C12H16FNO3/c1-14(6-5-12(15)16)8-9-3-4-11(17-2)10(13)7-9/h3-4,7H,5-6,8H2,1-2H3,(H,15,16). The second kappa shape index (κ2) is 6.20. The minimum atomic E-state index is -0.835. The van der Waals surface area contributed by atoms with Crippen molar-refractivity contribution < 1.29 is 19.0 Å². The Labute approximate surface area is 99.6 Å². The minimum absolute atomic E-state index is 0.0785. The number of halogens is 1. The summed E-state index contributed by atoms with van der Waals surface area (Å²) >= 11 is 0. The highest BCUT2D eigenvalue weighted by atomic mass is 19.1. The van der Waals surface area contributed by atoms with Gasteiger partial charge in [0, 0.05) is 13.1 Å². The molecule has 0 heterocycles. The molecular formula is C12H16FNO3. The Morgan fingerprint density at radius 3 is 2.76 bits per heavy atom. The minimum Gasteiger partial charge on any atom is -0.494 e. The van der Waals surface area contributed by atoms with E-state index in [0.717, 1.165) is 5.56 Å². The Bertz CT molecular complexity index is 395. The van der Waals surface area contributed by atoms with Crippen molar-refractivity contribution in [2.24, 2.45) is 0 Å². The largest absolute Gasteiger partial charge is 0.494 e. The van der Waals surface area contributed by atoms with E-state index in [4.69, 9.17) is 9.84 Å². The van der Waals surface area contributed by atoms with Gasteiger partial charge in [-0.1, -0.05) is 6.07 Å². The average Bonchev–Trinajstić information content (AvgIpc) is 2.26. The monoisotopic (exact) mass is 241 g/mol. The van der Waals surface area contributed by atoms with Crippen LogP contribution < -0.4 is 4.74 Å². The van der Waals surface area contributed by atoms with E-state index in [1.165, 1.54) is 13.2 Å². The highest BCUT2D eigenvalue weighted by molar-refractivity contribution is 5.66. The number of aliphatic carboxylic acids is 1. The first kappa shape index (κ1) is 13.4. The van der Waals surface area contributed by atoms with Gasteiger partial charge in [-0.2, -0.15) is 0 Å². The highest BCUT2D eigenvalue weighted by Gasteiger charge is 2.07. The van der Waals surface area contributed by atoms with Crippen molar-refractivity contribution in [2.45, 2.75) is 13.0 Å². The first-order valence-electron chi connectivity index (χ1n) is 5.25. The van der Waals surface area contributed by atoms with Gasteiger partial charge in [0.15, 0.2) is 11.6 Å². The molecule has 0 radical (unpaired) electrons. The fourth-order valence-electron chi connectivity index (χ4n) is 1.49. The molecule has 0 aliphatic heterocycles. The molecule has 0 aliphatic rings. The van der Waals surface area contributed by atoms with Gasteiger partial charge in [0.2, 0.25) is 0 Å². The van der Waals surface area contributed by atoms with Crippen LogP contribution in [0.25, 0.3) is 0 Å². The molecule has 1 aromatic carbocycles. The van der Waals surface area contributed by atoms with Gasteiger partial charge in [-0.05, 0) is 24.7 Å². The van der Waals surface area contributed by atoms with Crippen LogP contribution in [0.5, 0.6) is 5.75 Å².